The Bertz CT molecular complexity index is 176. The van der Waals surface area contributed by atoms with Crippen LogP contribution < -0.4 is 0 Å². The van der Waals surface area contributed by atoms with Crippen molar-refractivity contribution in [2.24, 2.45) is 0 Å². The summed E-state index contributed by atoms with van der Waals surface area (Å²) in [6.45, 7) is 20.9. The quantitative estimate of drug-likeness (QED) is 0.493. The molecule has 0 aromatic heterocycles. The van der Waals surface area contributed by atoms with E-state index in [0.717, 1.165) is 26.1 Å². The number of rotatable bonds is 9. The number of ether oxygens (including phenoxy) is 3. The van der Waals surface area contributed by atoms with E-state index >= 15 is 0 Å². The van der Waals surface area contributed by atoms with Crippen LogP contribution in [0, 0.1) is 0 Å². The van der Waals surface area contributed by atoms with Gasteiger partial charge < -0.3 is 19.3 Å². The molecule has 2 atom stereocenters. The van der Waals surface area contributed by atoms with Gasteiger partial charge in [-0.1, -0.05) is 26.0 Å². The van der Waals surface area contributed by atoms with E-state index in [0.29, 0.717) is 6.61 Å². The van der Waals surface area contributed by atoms with E-state index in [-0.39, 0.29) is 18.8 Å². The summed E-state index contributed by atoms with van der Waals surface area (Å²) in [5.74, 6) is 0. The number of methoxy groups -OCH3 is 1. The molecule has 0 radical (unpaired) electrons. The summed E-state index contributed by atoms with van der Waals surface area (Å²) in [5.41, 5.74) is 0. The fourth-order valence-corrected chi connectivity index (χ4v) is 0.811. The zero-order valence-corrected chi connectivity index (χ0v) is 16.6. The summed E-state index contributed by atoms with van der Waals surface area (Å²) in [7, 11) is 1.64. The van der Waals surface area contributed by atoms with Crippen LogP contribution in [0.3, 0.4) is 0 Å². The molecule has 0 aliphatic carbocycles. The lowest BCUT2D eigenvalue weighted by Crippen LogP contribution is -2.21. The van der Waals surface area contributed by atoms with Crippen LogP contribution in [0.15, 0.2) is 25.3 Å². The molecule has 23 heavy (non-hydrogen) atoms. The SMILES string of the molecule is C=CC.C=CC.CCCOCCC.COC(C)COC(C)CO. The molecule has 0 heterocycles. The molecule has 0 aromatic carbocycles. The molecular weight excluding hydrogens is 292 g/mol. The Labute approximate surface area is 145 Å². The average molecular weight is 335 g/mol. The lowest BCUT2D eigenvalue weighted by Gasteiger charge is -2.13. The van der Waals surface area contributed by atoms with Crippen molar-refractivity contribution in [1.29, 1.82) is 0 Å². The third kappa shape index (κ3) is 52.4. The van der Waals surface area contributed by atoms with Gasteiger partial charge >= 0.3 is 0 Å². The normalized spacial score (nSPS) is 11.3. The Morgan fingerprint density at radius 3 is 1.61 bits per heavy atom. The summed E-state index contributed by atoms with van der Waals surface area (Å²) in [6.07, 6.45) is 5.80. The third-order valence-electron chi connectivity index (χ3n) is 1.97. The van der Waals surface area contributed by atoms with Crippen LogP contribution >= 0.6 is 0 Å². The average Bonchev–Trinajstić information content (AvgIpc) is 2.54. The first-order valence-corrected chi connectivity index (χ1v) is 8.42. The van der Waals surface area contributed by atoms with Crippen LogP contribution in [-0.2, 0) is 14.2 Å². The lowest BCUT2D eigenvalue weighted by atomic mass is 10.4. The monoisotopic (exact) mass is 334 g/mol. The molecule has 4 nitrogen and oxygen atoms in total. The number of hydrogen-bond donors (Lipinski definition) is 1. The fourth-order valence-electron chi connectivity index (χ4n) is 0.811. The van der Waals surface area contributed by atoms with E-state index in [1.165, 1.54) is 0 Å². The maximum atomic E-state index is 8.55. The van der Waals surface area contributed by atoms with Crippen molar-refractivity contribution < 1.29 is 19.3 Å². The molecule has 0 aliphatic rings. The second-order valence-corrected chi connectivity index (χ2v) is 4.80. The predicted octanol–water partition coefficient (Wildman–Crippen LogP) is 4.63. The van der Waals surface area contributed by atoms with Gasteiger partial charge in [-0.25, -0.2) is 0 Å². The van der Waals surface area contributed by atoms with E-state index in [9.17, 15) is 0 Å². The van der Waals surface area contributed by atoms with Crippen LogP contribution in [0.1, 0.15) is 54.4 Å². The van der Waals surface area contributed by atoms with Crippen molar-refractivity contribution in [3.8, 4) is 0 Å². The lowest BCUT2D eigenvalue weighted by molar-refractivity contribution is -0.0313. The maximum absolute atomic E-state index is 8.55. The number of allylic oxidation sites excluding steroid dienone is 2. The molecule has 0 saturated carbocycles. The second kappa shape index (κ2) is 33.1. The molecular formula is C19H42O4. The highest BCUT2D eigenvalue weighted by molar-refractivity contribution is 4.52. The molecule has 2 unspecified atom stereocenters. The van der Waals surface area contributed by atoms with Gasteiger partial charge in [0.05, 0.1) is 25.4 Å². The van der Waals surface area contributed by atoms with Gasteiger partial charge in [-0.15, -0.1) is 13.2 Å². The highest BCUT2D eigenvalue weighted by atomic mass is 16.5. The van der Waals surface area contributed by atoms with Gasteiger partial charge in [0.1, 0.15) is 0 Å². The second-order valence-electron chi connectivity index (χ2n) is 4.80. The molecule has 142 valence electrons. The van der Waals surface area contributed by atoms with Crippen LogP contribution in [0.5, 0.6) is 0 Å². The molecule has 0 fully saturated rings. The highest BCUT2D eigenvalue weighted by Crippen LogP contribution is 1.93. The van der Waals surface area contributed by atoms with Crippen LogP contribution in [-0.4, -0.2) is 50.9 Å². The van der Waals surface area contributed by atoms with Gasteiger partial charge in [0.15, 0.2) is 0 Å². The first-order valence-electron chi connectivity index (χ1n) is 8.42. The Morgan fingerprint density at radius 1 is 0.957 bits per heavy atom. The van der Waals surface area contributed by atoms with Gasteiger partial charge in [-0.05, 0) is 40.5 Å². The predicted molar refractivity (Wildman–Crippen MR) is 102 cm³/mol. The zero-order chi connectivity index (χ0) is 18.9. The summed E-state index contributed by atoms with van der Waals surface area (Å²) < 4.78 is 15.2. The van der Waals surface area contributed by atoms with Crippen LogP contribution in [0.4, 0.5) is 0 Å². The van der Waals surface area contributed by atoms with E-state index in [2.05, 4.69) is 27.0 Å². The first-order chi connectivity index (χ1) is 10.9. The van der Waals surface area contributed by atoms with Gasteiger partial charge in [-0.2, -0.15) is 0 Å². The smallest absolute Gasteiger partial charge is 0.0779 e. The van der Waals surface area contributed by atoms with Crippen molar-refractivity contribution in [2.75, 3.05) is 33.5 Å². The van der Waals surface area contributed by atoms with Crippen LogP contribution in [0.2, 0.25) is 0 Å². The largest absolute Gasteiger partial charge is 0.394 e. The molecule has 4 heteroatoms. The summed E-state index contributed by atoms with van der Waals surface area (Å²) in [6, 6.07) is 0. The summed E-state index contributed by atoms with van der Waals surface area (Å²) >= 11 is 0. The van der Waals surface area contributed by atoms with Crippen molar-refractivity contribution in [3.05, 3.63) is 25.3 Å². The molecule has 0 bridgehead atoms. The summed E-state index contributed by atoms with van der Waals surface area (Å²) in [5, 5.41) is 8.55. The molecule has 0 spiro atoms. The highest BCUT2D eigenvalue weighted by Gasteiger charge is 2.03. The number of aliphatic hydroxyl groups excluding tert-OH is 1. The number of hydrogen-bond acceptors (Lipinski definition) is 4. The standard InChI is InChI=1S/C7H16O3.C6H14O.2C3H6/c1-6(4-8)10-5-7(2)9-3;1-3-5-7-6-4-2;2*1-3-2/h6-8H,4-5H2,1-3H3;3-6H2,1-2H3;2*3H,1H2,2H3. The van der Waals surface area contributed by atoms with Crippen LogP contribution in [0.25, 0.3) is 0 Å². The van der Waals surface area contributed by atoms with Gasteiger partial charge in [0, 0.05) is 20.3 Å². The molecule has 0 rings (SSSR count). The summed E-state index contributed by atoms with van der Waals surface area (Å²) in [4.78, 5) is 0. The molecule has 0 saturated heterocycles. The number of aliphatic hydroxyl groups is 1. The van der Waals surface area contributed by atoms with Crippen molar-refractivity contribution >= 4 is 0 Å². The van der Waals surface area contributed by atoms with E-state index in [1.807, 2.05) is 27.7 Å². The third-order valence-corrected chi connectivity index (χ3v) is 1.97. The van der Waals surface area contributed by atoms with Crippen molar-refractivity contribution in [2.45, 2.75) is 66.6 Å². The topological polar surface area (TPSA) is 47.9 Å². The molecule has 0 amide bonds. The van der Waals surface area contributed by atoms with Gasteiger partial charge in [-0.3, -0.25) is 0 Å². The Morgan fingerprint density at radius 2 is 1.35 bits per heavy atom. The maximum Gasteiger partial charge on any atom is 0.0779 e. The Hall–Kier alpha value is -0.680. The van der Waals surface area contributed by atoms with Gasteiger partial charge in [0.2, 0.25) is 0 Å². The van der Waals surface area contributed by atoms with E-state index in [4.69, 9.17) is 19.3 Å². The fraction of sp³-hybridized carbons (Fsp3) is 0.789. The molecule has 0 aliphatic heterocycles. The minimum Gasteiger partial charge on any atom is -0.394 e. The Balaban J connectivity index is -0.000000120. The van der Waals surface area contributed by atoms with Crippen molar-refractivity contribution in [1.82, 2.24) is 0 Å². The van der Waals surface area contributed by atoms with E-state index in [1.54, 1.807) is 19.3 Å². The first kappa shape index (κ1) is 30.2. The molecule has 0 aromatic rings. The minimum absolute atomic E-state index is 0.0659. The molecule has 1 N–H and O–H groups in total. The van der Waals surface area contributed by atoms with E-state index < -0.39 is 0 Å². The van der Waals surface area contributed by atoms with Gasteiger partial charge in [0.25, 0.3) is 0 Å². The zero-order valence-electron chi connectivity index (χ0n) is 16.6. The Kier molecular flexibility index (Phi) is 43.4. The van der Waals surface area contributed by atoms with Crippen molar-refractivity contribution in [3.63, 3.8) is 0 Å². The minimum atomic E-state index is -0.0856.